The topological polar surface area (TPSA) is 79.6 Å². The first kappa shape index (κ1) is 18.1. The molecule has 0 saturated carbocycles. The molecule has 142 valence electrons. The zero-order valence-electron chi connectivity index (χ0n) is 15.3. The molecule has 0 saturated heterocycles. The lowest BCUT2D eigenvalue weighted by Crippen LogP contribution is -2.27. The average Bonchev–Trinajstić information content (AvgIpc) is 3.04. The van der Waals surface area contributed by atoms with Crippen molar-refractivity contribution >= 4 is 49.2 Å². The van der Waals surface area contributed by atoms with Crippen LogP contribution in [0.15, 0.2) is 71.1 Å². The zero-order valence-corrected chi connectivity index (χ0v) is 16.2. The van der Waals surface area contributed by atoms with Crippen molar-refractivity contribution in [3.63, 3.8) is 0 Å². The number of amides is 1. The number of fused-ring (bicyclic) bond motifs is 3. The van der Waals surface area contributed by atoms with E-state index in [0.29, 0.717) is 17.0 Å². The highest BCUT2D eigenvalue weighted by Gasteiger charge is 2.19. The number of sulfonamides is 1. The summed E-state index contributed by atoms with van der Waals surface area (Å²) in [4.78, 5) is 12.8. The molecular formula is C21H18N2O4S. The SMILES string of the molecule is CN(c1ccccc1C(=O)Nc1ccc2c(c1)oc1ccccc12)S(C)(=O)=O. The summed E-state index contributed by atoms with van der Waals surface area (Å²) in [6.07, 6.45) is 1.09. The molecule has 6 nitrogen and oxygen atoms in total. The van der Waals surface area contributed by atoms with Crippen LogP contribution in [0.3, 0.4) is 0 Å². The van der Waals surface area contributed by atoms with Crippen molar-refractivity contribution in [2.24, 2.45) is 0 Å². The quantitative estimate of drug-likeness (QED) is 0.562. The fourth-order valence-electron chi connectivity index (χ4n) is 3.12. The number of para-hydroxylation sites is 2. The number of furan rings is 1. The summed E-state index contributed by atoms with van der Waals surface area (Å²) in [6, 6.07) is 19.7. The Morgan fingerprint density at radius 3 is 2.39 bits per heavy atom. The van der Waals surface area contributed by atoms with E-state index in [1.807, 2.05) is 30.3 Å². The van der Waals surface area contributed by atoms with Gasteiger partial charge in [-0.15, -0.1) is 0 Å². The number of anilines is 2. The number of benzene rings is 3. The molecule has 0 spiro atoms. The fraction of sp³-hybridized carbons (Fsp3) is 0.0952. The van der Waals surface area contributed by atoms with Crippen LogP contribution in [0.2, 0.25) is 0 Å². The predicted molar refractivity (Wildman–Crippen MR) is 111 cm³/mol. The van der Waals surface area contributed by atoms with Crippen LogP contribution in [0.1, 0.15) is 10.4 Å². The van der Waals surface area contributed by atoms with Crippen LogP contribution < -0.4 is 9.62 Å². The van der Waals surface area contributed by atoms with Crippen LogP contribution in [0, 0.1) is 0 Å². The molecule has 0 aliphatic heterocycles. The van der Waals surface area contributed by atoms with Gasteiger partial charge in [-0.3, -0.25) is 9.10 Å². The molecular weight excluding hydrogens is 376 g/mol. The van der Waals surface area contributed by atoms with Gasteiger partial charge < -0.3 is 9.73 Å². The third-order valence-electron chi connectivity index (χ3n) is 4.62. The zero-order chi connectivity index (χ0) is 19.9. The molecule has 0 unspecified atom stereocenters. The Morgan fingerprint density at radius 2 is 1.61 bits per heavy atom. The summed E-state index contributed by atoms with van der Waals surface area (Å²) in [7, 11) is -2.07. The molecule has 0 radical (unpaired) electrons. The molecule has 4 rings (SSSR count). The molecule has 0 bridgehead atoms. The van der Waals surface area contributed by atoms with E-state index in [0.717, 1.165) is 26.9 Å². The molecule has 0 atom stereocenters. The Morgan fingerprint density at radius 1 is 0.929 bits per heavy atom. The Hall–Kier alpha value is -3.32. The summed E-state index contributed by atoms with van der Waals surface area (Å²) in [5.41, 5.74) is 2.59. The van der Waals surface area contributed by atoms with Gasteiger partial charge in [0.15, 0.2) is 0 Å². The summed E-state index contributed by atoms with van der Waals surface area (Å²) in [5.74, 6) is -0.401. The second-order valence-corrected chi connectivity index (χ2v) is 8.52. The lowest BCUT2D eigenvalue weighted by molar-refractivity contribution is 0.102. The van der Waals surface area contributed by atoms with Gasteiger partial charge in [-0.25, -0.2) is 8.42 Å². The summed E-state index contributed by atoms with van der Waals surface area (Å²) >= 11 is 0. The number of hydrogen-bond donors (Lipinski definition) is 1. The number of nitrogens with zero attached hydrogens (tertiary/aromatic N) is 1. The van der Waals surface area contributed by atoms with Crippen molar-refractivity contribution in [2.45, 2.75) is 0 Å². The van der Waals surface area contributed by atoms with Crippen LogP contribution in [0.5, 0.6) is 0 Å². The second kappa shape index (κ2) is 6.69. The van der Waals surface area contributed by atoms with Crippen LogP contribution in [-0.4, -0.2) is 27.6 Å². The maximum absolute atomic E-state index is 12.8. The van der Waals surface area contributed by atoms with Crippen LogP contribution in [0.4, 0.5) is 11.4 Å². The molecule has 1 aromatic heterocycles. The minimum atomic E-state index is -3.49. The monoisotopic (exact) mass is 394 g/mol. The van der Waals surface area contributed by atoms with Gasteiger partial charge in [-0.05, 0) is 30.3 Å². The third kappa shape index (κ3) is 3.20. The maximum atomic E-state index is 12.8. The van der Waals surface area contributed by atoms with Gasteiger partial charge in [0.25, 0.3) is 5.91 Å². The minimum Gasteiger partial charge on any atom is -0.456 e. The first-order valence-electron chi connectivity index (χ1n) is 8.60. The molecule has 1 amide bonds. The first-order valence-corrected chi connectivity index (χ1v) is 10.4. The van der Waals surface area contributed by atoms with Gasteiger partial charge in [0.05, 0.1) is 17.5 Å². The molecule has 0 fully saturated rings. The maximum Gasteiger partial charge on any atom is 0.257 e. The third-order valence-corrected chi connectivity index (χ3v) is 5.81. The van der Waals surface area contributed by atoms with Crippen molar-refractivity contribution in [1.82, 2.24) is 0 Å². The lowest BCUT2D eigenvalue weighted by Gasteiger charge is -2.19. The number of nitrogens with one attached hydrogen (secondary N) is 1. The van der Waals surface area contributed by atoms with Gasteiger partial charge in [0, 0.05) is 29.6 Å². The second-order valence-electron chi connectivity index (χ2n) is 6.51. The predicted octanol–water partition coefficient (Wildman–Crippen LogP) is 4.23. The summed E-state index contributed by atoms with van der Waals surface area (Å²) in [6.45, 7) is 0. The fourth-order valence-corrected chi connectivity index (χ4v) is 3.64. The van der Waals surface area contributed by atoms with E-state index >= 15 is 0 Å². The number of carbonyl (C=O) groups is 1. The normalized spacial score (nSPS) is 11.6. The lowest BCUT2D eigenvalue weighted by atomic mass is 10.1. The van der Waals surface area contributed by atoms with Crippen molar-refractivity contribution in [3.05, 3.63) is 72.3 Å². The molecule has 0 aliphatic carbocycles. The van der Waals surface area contributed by atoms with E-state index in [9.17, 15) is 13.2 Å². The largest absolute Gasteiger partial charge is 0.456 e. The first-order chi connectivity index (χ1) is 13.3. The average molecular weight is 394 g/mol. The van der Waals surface area contributed by atoms with Crippen molar-refractivity contribution in [3.8, 4) is 0 Å². The molecule has 3 aromatic carbocycles. The highest BCUT2D eigenvalue weighted by atomic mass is 32.2. The van der Waals surface area contributed by atoms with Gasteiger partial charge >= 0.3 is 0 Å². The molecule has 7 heteroatoms. The summed E-state index contributed by atoms with van der Waals surface area (Å²) < 4.78 is 30.7. The van der Waals surface area contributed by atoms with Gasteiger partial charge in [0.2, 0.25) is 10.0 Å². The Kier molecular flexibility index (Phi) is 4.31. The van der Waals surface area contributed by atoms with Crippen LogP contribution >= 0.6 is 0 Å². The number of carbonyl (C=O) groups excluding carboxylic acids is 1. The molecule has 0 aliphatic rings. The molecule has 4 aromatic rings. The van der Waals surface area contributed by atoms with Gasteiger partial charge in [0.1, 0.15) is 11.2 Å². The Labute approximate surface area is 162 Å². The van der Waals surface area contributed by atoms with Gasteiger partial charge in [-0.2, -0.15) is 0 Å². The highest BCUT2D eigenvalue weighted by Crippen LogP contribution is 2.31. The van der Waals surface area contributed by atoms with Crippen molar-refractivity contribution in [2.75, 3.05) is 22.9 Å². The van der Waals surface area contributed by atoms with E-state index in [1.165, 1.54) is 7.05 Å². The minimum absolute atomic E-state index is 0.264. The van der Waals surface area contributed by atoms with Crippen LogP contribution in [-0.2, 0) is 10.0 Å². The molecule has 1 heterocycles. The van der Waals surface area contributed by atoms with E-state index in [1.54, 1.807) is 36.4 Å². The summed E-state index contributed by atoms with van der Waals surface area (Å²) in [5, 5.41) is 4.79. The van der Waals surface area contributed by atoms with E-state index in [-0.39, 0.29) is 5.56 Å². The van der Waals surface area contributed by atoms with E-state index < -0.39 is 15.9 Å². The highest BCUT2D eigenvalue weighted by molar-refractivity contribution is 7.92. The van der Waals surface area contributed by atoms with E-state index in [2.05, 4.69) is 5.32 Å². The molecule has 28 heavy (non-hydrogen) atoms. The van der Waals surface area contributed by atoms with Gasteiger partial charge in [-0.1, -0.05) is 30.3 Å². The molecule has 1 N–H and O–H groups in total. The van der Waals surface area contributed by atoms with Crippen molar-refractivity contribution < 1.29 is 17.6 Å². The number of rotatable bonds is 4. The number of hydrogen-bond acceptors (Lipinski definition) is 4. The Balaban J connectivity index is 1.68. The smallest absolute Gasteiger partial charge is 0.257 e. The standard InChI is InChI=1S/C21H18N2O4S/c1-23(28(2,25)26)18-9-5-3-8-17(18)21(24)22-14-11-12-16-15-7-4-6-10-19(15)27-20(16)13-14/h3-13H,1-2H3,(H,22,24). The Bertz CT molecular complexity index is 1310. The van der Waals surface area contributed by atoms with Crippen molar-refractivity contribution in [1.29, 1.82) is 0 Å². The van der Waals surface area contributed by atoms with E-state index in [4.69, 9.17) is 4.42 Å². The van der Waals surface area contributed by atoms with Crippen LogP contribution in [0.25, 0.3) is 21.9 Å².